The molecule has 0 radical (unpaired) electrons. The summed E-state index contributed by atoms with van der Waals surface area (Å²) >= 11 is 0. The fraction of sp³-hybridized carbons (Fsp3) is 0.455. The summed E-state index contributed by atoms with van der Waals surface area (Å²) in [5, 5.41) is 12.1. The molecular formula is C22H28FNO4. The van der Waals surface area contributed by atoms with Crippen LogP contribution in [0.25, 0.3) is 0 Å². The van der Waals surface area contributed by atoms with Crippen molar-refractivity contribution in [1.82, 2.24) is 5.32 Å². The zero-order valence-electron chi connectivity index (χ0n) is 16.0. The van der Waals surface area contributed by atoms with E-state index in [1.165, 1.54) is 17.7 Å². The predicted octanol–water partition coefficient (Wildman–Crippen LogP) is 2.99. The maximum Gasteiger partial charge on any atom is 0.123 e. The number of hydrogen-bond donors (Lipinski definition) is 2. The third-order valence-corrected chi connectivity index (χ3v) is 4.93. The van der Waals surface area contributed by atoms with Crippen LogP contribution >= 0.6 is 0 Å². The Kier molecular flexibility index (Phi) is 8.08. The van der Waals surface area contributed by atoms with Crippen LogP contribution < -0.4 is 14.8 Å². The molecule has 1 saturated heterocycles. The second-order valence-electron chi connectivity index (χ2n) is 6.88. The molecule has 1 fully saturated rings. The topological polar surface area (TPSA) is 60.0 Å². The van der Waals surface area contributed by atoms with Gasteiger partial charge in [-0.1, -0.05) is 12.1 Å². The van der Waals surface area contributed by atoms with Crippen LogP contribution in [0.4, 0.5) is 4.39 Å². The van der Waals surface area contributed by atoms with Crippen LogP contribution in [0.3, 0.4) is 0 Å². The Morgan fingerprint density at radius 3 is 2.36 bits per heavy atom. The summed E-state index contributed by atoms with van der Waals surface area (Å²) < 4.78 is 30.0. The van der Waals surface area contributed by atoms with Crippen LogP contribution in [0.5, 0.6) is 11.5 Å². The van der Waals surface area contributed by atoms with Crippen molar-refractivity contribution in [3.63, 3.8) is 0 Å². The van der Waals surface area contributed by atoms with E-state index in [4.69, 9.17) is 19.3 Å². The SMILES string of the molecule is OCCOCCOc1ccc(OC[C@@H]2CNCC[C@H]2c2ccc(F)cc2)cc1. The summed E-state index contributed by atoms with van der Waals surface area (Å²) in [5.74, 6) is 2.05. The normalized spacial score (nSPS) is 19.4. The molecule has 0 unspecified atom stereocenters. The molecule has 0 saturated carbocycles. The molecule has 3 rings (SSSR count). The summed E-state index contributed by atoms with van der Waals surface area (Å²) in [6.45, 7) is 3.68. The van der Waals surface area contributed by atoms with Gasteiger partial charge in [0.05, 0.1) is 26.4 Å². The first-order valence-corrected chi connectivity index (χ1v) is 9.76. The van der Waals surface area contributed by atoms with Crippen LogP contribution in [0.2, 0.25) is 0 Å². The van der Waals surface area contributed by atoms with Gasteiger partial charge in [0.2, 0.25) is 0 Å². The molecule has 6 heteroatoms. The predicted molar refractivity (Wildman–Crippen MR) is 105 cm³/mol. The van der Waals surface area contributed by atoms with E-state index in [2.05, 4.69) is 5.32 Å². The maximum atomic E-state index is 13.2. The third-order valence-electron chi connectivity index (χ3n) is 4.93. The summed E-state index contributed by atoms with van der Waals surface area (Å²) in [5.41, 5.74) is 1.17. The number of hydrogen-bond acceptors (Lipinski definition) is 5. The molecule has 5 nitrogen and oxygen atoms in total. The molecule has 1 aliphatic rings. The maximum absolute atomic E-state index is 13.2. The molecular weight excluding hydrogens is 361 g/mol. The Hall–Kier alpha value is -2.15. The van der Waals surface area contributed by atoms with Crippen molar-refractivity contribution in [3.05, 3.63) is 59.9 Å². The Balaban J connectivity index is 1.48. The largest absolute Gasteiger partial charge is 0.493 e. The number of benzene rings is 2. The molecule has 152 valence electrons. The van der Waals surface area contributed by atoms with Crippen molar-refractivity contribution >= 4 is 0 Å². The zero-order valence-corrected chi connectivity index (χ0v) is 16.0. The zero-order chi connectivity index (χ0) is 19.6. The Morgan fingerprint density at radius 2 is 1.64 bits per heavy atom. The van der Waals surface area contributed by atoms with E-state index in [-0.39, 0.29) is 12.4 Å². The van der Waals surface area contributed by atoms with Crippen molar-refractivity contribution in [1.29, 1.82) is 0 Å². The van der Waals surface area contributed by atoms with E-state index in [9.17, 15) is 4.39 Å². The fourth-order valence-corrected chi connectivity index (χ4v) is 3.47. The van der Waals surface area contributed by atoms with Gasteiger partial charge < -0.3 is 24.6 Å². The lowest BCUT2D eigenvalue weighted by molar-refractivity contribution is 0.0705. The van der Waals surface area contributed by atoms with Gasteiger partial charge in [0.1, 0.15) is 23.9 Å². The molecule has 1 aliphatic heterocycles. The lowest BCUT2D eigenvalue weighted by Gasteiger charge is -2.32. The van der Waals surface area contributed by atoms with E-state index in [1.807, 2.05) is 36.4 Å². The van der Waals surface area contributed by atoms with E-state index < -0.39 is 0 Å². The van der Waals surface area contributed by atoms with Crippen LogP contribution in [0.15, 0.2) is 48.5 Å². The third kappa shape index (κ3) is 6.19. The Morgan fingerprint density at radius 1 is 0.929 bits per heavy atom. The summed E-state index contributed by atoms with van der Waals surface area (Å²) in [7, 11) is 0. The number of aliphatic hydroxyl groups is 1. The van der Waals surface area contributed by atoms with Gasteiger partial charge in [-0.2, -0.15) is 0 Å². The van der Waals surface area contributed by atoms with E-state index >= 15 is 0 Å². The quantitative estimate of drug-likeness (QED) is 0.612. The highest BCUT2D eigenvalue weighted by atomic mass is 19.1. The molecule has 2 N–H and O–H groups in total. The summed E-state index contributed by atoms with van der Waals surface area (Å²) in [4.78, 5) is 0. The molecule has 28 heavy (non-hydrogen) atoms. The van der Waals surface area contributed by atoms with Crippen LogP contribution in [0.1, 0.15) is 17.9 Å². The molecule has 2 aromatic carbocycles. The van der Waals surface area contributed by atoms with Gasteiger partial charge >= 0.3 is 0 Å². The van der Waals surface area contributed by atoms with Gasteiger partial charge in [0.15, 0.2) is 0 Å². The fourth-order valence-electron chi connectivity index (χ4n) is 3.47. The molecule has 0 spiro atoms. The molecule has 0 amide bonds. The Labute approximate surface area is 165 Å². The highest BCUT2D eigenvalue weighted by Gasteiger charge is 2.27. The summed E-state index contributed by atoms with van der Waals surface area (Å²) in [6, 6.07) is 14.4. The molecule has 0 aliphatic carbocycles. The lowest BCUT2D eigenvalue weighted by atomic mass is 9.81. The van der Waals surface area contributed by atoms with Gasteiger partial charge in [-0.25, -0.2) is 4.39 Å². The second kappa shape index (κ2) is 11.0. The van der Waals surface area contributed by atoms with Crippen LogP contribution in [-0.2, 0) is 4.74 Å². The number of halogens is 1. The molecule has 2 atom stereocenters. The highest BCUT2D eigenvalue weighted by Crippen LogP contribution is 2.31. The molecule has 0 bridgehead atoms. The number of nitrogens with one attached hydrogen (secondary N) is 1. The van der Waals surface area contributed by atoms with Gasteiger partial charge in [-0.05, 0) is 60.8 Å². The summed E-state index contributed by atoms with van der Waals surface area (Å²) in [6.07, 6.45) is 1.02. The molecule has 2 aromatic rings. The van der Waals surface area contributed by atoms with E-state index in [0.29, 0.717) is 38.3 Å². The first-order chi connectivity index (χ1) is 13.8. The Bertz CT molecular complexity index is 693. The lowest BCUT2D eigenvalue weighted by Crippen LogP contribution is -2.38. The van der Waals surface area contributed by atoms with E-state index in [1.54, 1.807) is 0 Å². The van der Waals surface area contributed by atoms with Crippen LogP contribution in [0, 0.1) is 11.7 Å². The smallest absolute Gasteiger partial charge is 0.123 e. The number of piperidine rings is 1. The van der Waals surface area contributed by atoms with Crippen molar-refractivity contribution < 1.29 is 23.7 Å². The van der Waals surface area contributed by atoms with Gasteiger partial charge in [0, 0.05) is 12.5 Å². The minimum atomic E-state index is -0.201. The molecule has 0 aromatic heterocycles. The minimum absolute atomic E-state index is 0.0184. The number of aliphatic hydroxyl groups excluding tert-OH is 1. The monoisotopic (exact) mass is 389 g/mol. The van der Waals surface area contributed by atoms with Crippen molar-refractivity contribution in [2.75, 3.05) is 46.1 Å². The van der Waals surface area contributed by atoms with Crippen molar-refractivity contribution in [2.45, 2.75) is 12.3 Å². The van der Waals surface area contributed by atoms with Gasteiger partial charge in [0.25, 0.3) is 0 Å². The van der Waals surface area contributed by atoms with Crippen LogP contribution in [-0.4, -0.2) is 51.2 Å². The standard InChI is InChI=1S/C22H28FNO4/c23-19-3-1-17(2-4-19)22-9-10-24-15-18(22)16-28-21-7-5-20(6-8-21)27-14-13-26-12-11-25/h1-8,18,22,24-25H,9-16H2/t18-,22-/m0/s1. The van der Waals surface area contributed by atoms with Crippen molar-refractivity contribution in [2.24, 2.45) is 5.92 Å². The number of ether oxygens (including phenoxy) is 3. The van der Waals surface area contributed by atoms with E-state index in [0.717, 1.165) is 31.0 Å². The molecule has 1 heterocycles. The van der Waals surface area contributed by atoms with Gasteiger partial charge in [-0.3, -0.25) is 0 Å². The van der Waals surface area contributed by atoms with Crippen molar-refractivity contribution in [3.8, 4) is 11.5 Å². The number of rotatable bonds is 10. The first kappa shape index (κ1) is 20.6. The average Bonchev–Trinajstić information content (AvgIpc) is 2.74. The van der Waals surface area contributed by atoms with Gasteiger partial charge in [-0.15, -0.1) is 0 Å². The second-order valence-corrected chi connectivity index (χ2v) is 6.88. The average molecular weight is 389 g/mol. The minimum Gasteiger partial charge on any atom is -0.493 e. The highest BCUT2D eigenvalue weighted by molar-refractivity contribution is 5.31. The first-order valence-electron chi connectivity index (χ1n) is 9.76.